The van der Waals surface area contributed by atoms with Crippen molar-refractivity contribution in [1.29, 1.82) is 0 Å². The van der Waals surface area contributed by atoms with Crippen molar-refractivity contribution in [2.24, 2.45) is 11.8 Å². The summed E-state index contributed by atoms with van der Waals surface area (Å²) >= 11 is 0. The third-order valence-electron chi connectivity index (χ3n) is 2.75. The van der Waals surface area contributed by atoms with Crippen LogP contribution in [0.25, 0.3) is 0 Å². The Labute approximate surface area is 70.1 Å². The molecule has 1 aliphatic heterocycles. The summed E-state index contributed by atoms with van der Waals surface area (Å²) in [5.41, 5.74) is 0. The van der Waals surface area contributed by atoms with E-state index in [9.17, 15) is 0 Å². The highest BCUT2D eigenvalue weighted by atomic mass is 16.5. The summed E-state index contributed by atoms with van der Waals surface area (Å²) in [6, 6.07) is 0. The maximum atomic E-state index is 5.39. The maximum Gasteiger partial charge on any atom is 0.0494 e. The number of unbranched alkanes of at least 4 members (excludes halogenated alkanes) is 1. The van der Waals surface area contributed by atoms with Crippen molar-refractivity contribution in [3.63, 3.8) is 0 Å². The summed E-state index contributed by atoms with van der Waals surface area (Å²) in [5, 5.41) is 0. The molecule has 1 nitrogen and oxygen atoms in total. The van der Waals surface area contributed by atoms with Gasteiger partial charge < -0.3 is 4.74 Å². The average molecular weight is 156 g/mol. The molecule has 0 aromatic heterocycles. The van der Waals surface area contributed by atoms with Crippen LogP contribution in [0.1, 0.15) is 39.5 Å². The van der Waals surface area contributed by atoms with E-state index in [1.807, 2.05) is 0 Å². The fraction of sp³-hybridized carbons (Fsp3) is 1.00. The number of rotatable bonds is 3. The Morgan fingerprint density at radius 1 is 1.45 bits per heavy atom. The van der Waals surface area contributed by atoms with E-state index in [0.29, 0.717) is 0 Å². The molecule has 1 heterocycles. The third-order valence-corrected chi connectivity index (χ3v) is 2.75. The molecule has 1 aliphatic rings. The summed E-state index contributed by atoms with van der Waals surface area (Å²) in [4.78, 5) is 0. The molecule has 0 radical (unpaired) electrons. The van der Waals surface area contributed by atoms with E-state index < -0.39 is 0 Å². The van der Waals surface area contributed by atoms with Gasteiger partial charge in [0.15, 0.2) is 0 Å². The van der Waals surface area contributed by atoms with Gasteiger partial charge in [-0.25, -0.2) is 0 Å². The Bertz CT molecular complexity index is 101. The molecule has 1 fully saturated rings. The topological polar surface area (TPSA) is 9.23 Å². The smallest absolute Gasteiger partial charge is 0.0494 e. The van der Waals surface area contributed by atoms with Crippen LogP contribution in [0.2, 0.25) is 0 Å². The predicted octanol–water partition coefficient (Wildman–Crippen LogP) is 2.85. The third kappa shape index (κ3) is 2.82. The van der Waals surface area contributed by atoms with Gasteiger partial charge in [-0.15, -0.1) is 0 Å². The normalized spacial score (nSPS) is 32.2. The van der Waals surface area contributed by atoms with Gasteiger partial charge in [0, 0.05) is 13.2 Å². The average Bonchev–Trinajstić information content (AvgIpc) is 2.03. The second kappa shape index (κ2) is 4.76. The highest BCUT2D eigenvalue weighted by molar-refractivity contribution is 4.69. The van der Waals surface area contributed by atoms with Gasteiger partial charge in [0.1, 0.15) is 0 Å². The van der Waals surface area contributed by atoms with Crippen LogP contribution < -0.4 is 0 Å². The Hall–Kier alpha value is -0.0400. The highest BCUT2D eigenvalue weighted by Crippen LogP contribution is 2.25. The molecule has 0 amide bonds. The fourth-order valence-corrected chi connectivity index (χ4v) is 1.82. The van der Waals surface area contributed by atoms with Crippen LogP contribution in [0, 0.1) is 11.8 Å². The number of hydrogen-bond acceptors (Lipinski definition) is 1. The van der Waals surface area contributed by atoms with Crippen molar-refractivity contribution in [2.75, 3.05) is 13.2 Å². The van der Waals surface area contributed by atoms with Crippen LogP contribution in [0.3, 0.4) is 0 Å². The van der Waals surface area contributed by atoms with E-state index in [1.165, 1.54) is 25.7 Å². The van der Waals surface area contributed by atoms with Gasteiger partial charge in [0.2, 0.25) is 0 Å². The molecule has 66 valence electrons. The van der Waals surface area contributed by atoms with E-state index in [0.717, 1.165) is 25.0 Å². The van der Waals surface area contributed by atoms with Crippen molar-refractivity contribution < 1.29 is 4.74 Å². The lowest BCUT2D eigenvalue weighted by molar-refractivity contribution is 0.0209. The summed E-state index contributed by atoms with van der Waals surface area (Å²) in [7, 11) is 0. The van der Waals surface area contributed by atoms with E-state index >= 15 is 0 Å². The van der Waals surface area contributed by atoms with E-state index in [4.69, 9.17) is 4.74 Å². The van der Waals surface area contributed by atoms with Gasteiger partial charge in [-0.1, -0.05) is 33.1 Å². The zero-order valence-corrected chi connectivity index (χ0v) is 7.81. The minimum absolute atomic E-state index is 0.801. The summed E-state index contributed by atoms with van der Waals surface area (Å²) in [6.07, 6.45) is 5.45. The van der Waals surface area contributed by atoms with Crippen molar-refractivity contribution in [2.45, 2.75) is 39.5 Å². The second-order valence-corrected chi connectivity index (χ2v) is 3.74. The van der Waals surface area contributed by atoms with E-state index in [2.05, 4.69) is 13.8 Å². The second-order valence-electron chi connectivity index (χ2n) is 3.74. The SMILES string of the molecule is CCCC[C@@H]1CCOC[C@@H]1C. The van der Waals surface area contributed by atoms with Crippen LogP contribution in [0.5, 0.6) is 0 Å². The molecular weight excluding hydrogens is 136 g/mol. The van der Waals surface area contributed by atoms with Crippen molar-refractivity contribution in [1.82, 2.24) is 0 Å². The Morgan fingerprint density at radius 3 is 2.91 bits per heavy atom. The molecule has 0 aliphatic carbocycles. The molecule has 0 saturated carbocycles. The molecular formula is C10H20O. The molecule has 1 rings (SSSR count). The van der Waals surface area contributed by atoms with Crippen LogP contribution in [0.4, 0.5) is 0 Å². The molecule has 0 bridgehead atoms. The standard InChI is InChI=1S/C10H20O/c1-3-4-5-10-6-7-11-8-9(10)2/h9-10H,3-8H2,1-2H3/t9-,10+/m0/s1. The van der Waals surface area contributed by atoms with Crippen LogP contribution in [-0.2, 0) is 4.74 Å². The molecule has 0 N–H and O–H groups in total. The molecule has 0 aromatic rings. The minimum Gasteiger partial charge on any atom is -0.381 e. The first kappa shape index (κ1) is 9.05. The monoisotopic (exact) mass is 156 g/mol. The summed E-state index contributed by atoms with van der Waals surface area (Å²) in [5.74, 6) is 1.75. The molecule has 11 heavy (non-hydrogen) atoms. The molecule has 0 unspecified atom stereocenters. The van der Waals surface area contributed by atoms with Gasteiger partial charge in [-0.3, -0.25) is 0 Å². The zero-order valence-electron chi connectivity index (χ0n) is 7.81. The lowest BCUT2D eigenvalue weighted by Gasteiger charge is -2.28. The predicted molar refractivity (Wildman–Crippen MR) is 47.6 cm³/mol. The quantitative estimate of drug-likeness (QED) is 0.610. The van der Waals surface area contributed by atoms with Crippen LogP contribution in [0.15, 0.2) is 0 Å². The largest absolute Gasteiger partial charge is 0.381 e. The van der Waals surface area contributed by atoms with Crippen molar-refractivity contribution in [3.05, 3.63) is 0 Å². The summed E-state index contributed by atoms with van der Waals surface area (Å²) in [6.45, 7) is 6.58. The Kier molecular flexibility index (Phi) is 3.92. The lowest BCUT2D eigenvalue weighted by atomic mass is 9.86. The van der Waals surface area contributed by atoms with E-state index in [-0.39, 0.29) is 0 Å². The first-order chi connectivity index (χ1) is 5.34. The Morgan fingerprint density at radius 2 is 2.27 bits per heavy atom. The Balaban J connectivity index is 2.18. The summed E-state index contributed by atoms with van der Waals surface area (Å²) < 4.78 is 5.39. The van der Waals surface area contributed by atoms with Gasteiger partial charge in [-0.05, 0) is 18.3 Å². The zero-order chi connectivity index (χ0) is 8.10. The first-order valence-electron chi connectivity index (χ1n) is 4.92. The molecule has 1 saturated heterocycles. The minimum atomic E-state index is 0.801. The number of hydrogen-bond donors (Lipinski definition) is 0. The molecule has 0 spiro atoms. The maximum absolute atomic E-state index is 5.39. The van der Waals surface area contributed by atoms with Crippen molar-refractivity contribution >= 4 is 0 Å². The van der Waals surface area contributed by atoms with Crippen molar-refractivity contribution in [3.8, 4) is 0 Å². The van der Waals surface area contributed by atoms with Gasteiger partial charge >= 0.3 is 0 Å². The molecule has 2 atom stereocenters. The first-order valence-corrected chi connectivity index (χ1v) is 4.92. The molecule has 1 heteroatoms. The van der Waals surface area contributed by atoms with E-state index in [1.54, 1.807) is 0 Å². The van der Waals surface area contributed by atoms with Gasteiger partial charge in [0.05, 0.1) is 0 Å². The lowest BCUT2D eigenvalue weighted by Crippen LogP contribution is -2.24. The van der Waals surface area contributed by atoms with Gasteiger partial charge in [0.25, 0.3) is 0 Å². The molecule has 0 aromatic carbocycles. The van der Waals surface area contributed by atoms with Crippen LogP contribution in [-0.4, -0.2) is 13.2 Å². The number of ether oxygens (including phenoxy) is 1. The highest BCUT2D eigenvalue weighted by Gasteiger charge is 2.20. The van der Waals surface area contributed by atoms with Crippen LogP contribution >= 0.6 is 0 Å². The van der Waals surface area contributed by atoms with Gasteiger partial charge in [-0.2, -0.15) is 0 Å². The fourth-order valence-electron chi connectivity index (χ4n) is 1.82.